The van der Waals surface area contributed by atoms with Gasteiger partial charge in [-0.05, 0) is 12.1 Å². The molecule has 2 rings (SSSR count). The molecular formula is C14H13NO3S. The van der Waals surface area contributed by atoms with Crippen LogP contribution in [0.3, 0.4) is 0 Å². The quantitative estimate of drug-likeness (QED) is 0.684. The van der Waals surface area contributed by atoms with E-state index < -0.39 is 10.0 Å². The van der Waals surface area contributed by atoms with Gasteiger partial charge in [0.1, 0.15) is 5.75 Å². The van der Waals surface area contributed by atoms with E-state index in [1.54, 1.807) is 24.3 Å². The fourth-order valence-electron chi connectivity index (χ4n) is 1.84. The van der Waals surface area contributed by atoms with Crippen molar-refractivity contribution in [2.75, 3.05) is 6.61 Å². The van der Waals surface area contributed by atoms with Crippen LogP contribution in [-0.4, -0.2) is 15.0 Å². The Morgan fingerprint density at radius 3 is 2.47 bits per heavy atom. The molecule has 2 N–H and O–H groups in total. The third-order valence-electron chi connectivity index (χ3n) is 2.65. The summed E-state index contributed by atoms with van der Waals surface area (Å²) < 4.78 is 28.6. The van der Waals surface area contributed by atoms with Crippen molar-refractivity contribution in [1.29, 1.82) is 0 Å². The van der Waals surface area contributed by atoms with Gasteiger partial charge in [0.2, 0.25) is 10.0 Å². The van der Waals surface area contributed by atoms with Crippen molar-refractivity contribution < 1.29 is 13.2 Å². The molecule has 0 bridgehead atoms. The molecule has 2 aromatic carbocycles. The molecule has 5 heteroatoms. The Balaban J connectivity index is 2.56. The first-order valence-electron chi connectivity index (χ1n) is 5.65. The van der Waals surface area contributed by atoms with Crippen LogP contribution in [-0.2, 0) is 10.0 Å². The minimum Gasteiger partial charge on any atom is -0.492 e. The van der Waals surface area contributed by atoms with Crippen LogP contribution in [0, 0.1) is 12.3 Å². The zero-order valence-corrected chi connectivity index (χ0v) is 11.0. The molecule has 98 valence electrons. The van der Waals surface area contributed by atoms with Gasteiger partial charge in [0, 0.05) is 17.2 Å². The number of fused-ring (bicyclic) bond motifs is 1. The molecule has 0 saturated heterocycles. The summed E-state index contributed by atoms with van der Waals surface area (Å²) in [5.74, 6) is 3.08. The highest BCUT2D eigenvalue weighted by atomic mass is 32.2. The topological polar surface area (TPSA) is 69.4 Å². The number of primary sulfonamides is 1. The first-order chi connectivity index (χ1) is 9.04. The fraction of sp³-hybridized carbons (Fsp3) is 0.143. The predicted octanol–water partition coefficient (Wildman–Crippen LogP) is 1.89. The maximum Gasteiger partial charge on any atom is 0.238 e. The molecule has 0 aliphatic carbocycles. The van der Waals surface area contributed by atoms with Crippen LogP contribution in [0.15, 0.2) is 41.3 Å². The smallest absolute Gasteiger partial charge is 0.238 e. The molecule has 0 heterocycles. The molecule has 0 unspecified atom stereocenters. The zero-order valence-electron chi connectivity index (χ0n) is 10.2. The molecule has 0 spiro atoms. The molecule has 4 nitrogen and oxygen atoms in total. The number of hydrogen-bond acceptors (Lipinski definition) is 3. The van der Waals surface area contributed by atoms with Gasteiger partial charge < -0.3 is 4.74 Å². The summed E-state index contributed by atoms with van der Waals surface area (Å²) in [5.41, 5.74) is 0. The average Bonchev–Trinajstić information content (AvgIpc) is 2.37. The number of nitrogens with two attached hydrogens (primary N) is 1. The lowest BCUT2D eigenvalue weighted by atomic mass is 10.1. The van der Waals surface area contributed by atoms with Gasteiger partial charge in [0.15, 0.2) is 0 Å². The van der Waals surface area contributed by atoms with Crippen LogP contribution >= 0.6 is 0 Å². The molecule has 2 aromatic rings. The Labute approximate surface area is 112 Å². The summed E-state index contributed by atoms with van der Waals surface area (Å²) in [6, 6.07) is 10.1. The molecule has 19 heavy (non-hydrogen) atoms. The largest absolute Gasteiger partial charge is 0.492 e. The number of rotatable bonds is 4. The number of terminal acetylenes is 1. The first-order valence-corrected chi connectivity index (χ1v) is 7.19. The summed E-state index contributed by atoms with van der Waals surface area (Å²) in [7, 11) is -3.76. The van der Waals surface area contributed by atoms with Crippen LogP contribution in [0.25, 0.3) is 10.8 Å². The number of benzene rings is 2. The Bertz CT molecular complexity index is 745. The van der Waals surface area contributed by atoms with Gasteiger partial charge in [0.05, 0.1) is 11.5 Å². The highest BCUT2D eigenvalue weighted by Gasteiger charge is 2.14. The van der Waals surface area contributed by atoms with Crippen molar-refractivity contribution in [1.82, 2.24) is 0 Å². The maximum atomic E-state index is 11.5. The van der Waals surface area contributed by atoms with Crippen LogP contribution in [0.5, 0.6) is 5.75 Å². The van der Waals surface area contributed by atoms with Crippen molar-refractivity contribution in [2.24, 2.45) is 5.14 Å². The molecule has 0 aromatic heterocycles. The van der Waals surface area contributed by atoms with Gasteiger partial charge in [-0.2, -0.15) is 0 Å². The summed E-state index contributed by atoms with van der Waals surface area (Å²) in [5, 5.41) is 6.44. The lowest BCUT2D eigenvalue weighted by Gasteiger charge is -2.10. The molecule has 0 atom stereocenters. The van der Waals surface area contributed by atoms with E-state index in [4.69, 9.17) is 16.3 Å². The second kappa shape index (κ2) is 5.31. The second-order valence-electron chi connectivity index (χ2n) is 3.96. The van der Waals surface area contributed by atoms with Crippen molar-refractivity contribution in [3.8, 4) is 18.1 Å². The van der Waals surface area contributed by atoms with Crippen molar-refractivity contribution >= 4 is 20.8 Å². The van der Waals surface area contributed by atoms with Gasteiger partial charge in [-0.3, -0.25) is 0 Å². The summed E-state index contributed by atoms with van der Waals surface area (Å²) in [4.78, 5) is 0.0902. The van der Waals surface area contributed by atoms with Gasteiger partial charge in [-0.1, -0.05) is 24.3 Å². The fourth-order valence-corrected chi connectivity index (χ4v) is 2.58. The van der Waals surface area contributed by atoms with Crippen molar-refractivity contribution in [2.45, 2.75) is 11.3 Å². The van der Waals surface area contributed by atoms with Crippen molar-refractivity contribution in [3.05, 3.63) is 36.4 Å². The minimum absolute atomic E-state index is 0.0902. The molecule has 0 aliphatic rings. The zero-order chi connectivity index (χ0) is 13.9. The van der Waals surface area contributed by atoms with Crippen LogP contribution < -0.4 is 9.88 Å². The summed E-state index contributed by atoms with van der Waals surface area (Å²) in [6.07, 6.45) is 5.65. The molecular weight excluding hydrogens is 262 g/mol. The highest BCUT2D eigenvalue weighted by molar-refractivity contribution is 7.89. The number of ether oxygens (including phenoxy) is 1. The van der Waals surface area contributed by atoms with E-state index in [1.807, 2.05) is 6.07 Å². The Kier molecular flexibility index (Phi) is 3.74. The van der Waals surface area contributed by atoms with Gasteiger partial charge in [0.25, 0.3) is 0 Å². The van der Waals surface area contributed by atoms with Crippen LogP contribution in [0.1, 0.15) is 6.42 Å². The predicted molar refractivity (Wildman–Crippen MR) is 74.3 cm³/mol. The lowest BCUT2D eigenvalue weighted by Crippen LogP contribution is -2.12. The third kappa shape index (κ3) is 2.87. The second-order valence-corrected chi connectivity index (χ2v) is 5.48. The SMILES string of the molecule is C#CCCOc1ccc(S(N)(=O)=O)c2ccccc12. The van der Waals surface area contributed by atoms with Gasteiger partial charge in [-0.15, -0.1) is 12.3 Å². The Morgan fingerprint density at radius 1 is 1.16 bits per heavy atom. The summed E-state index contributed by atoms with van der Waals surface area (Å²) >= 11 is 0. The number of hydrogen-bond donors (Lipinski definition) is 1. The van der Waals surface area contributed by atoms with Gasteiger partial charge >= 0.3 is 0 Å². The number of sulfonamides is 1. The normalized spacial score (nSPS) is 11.2. The average molecular weight is 275 g/mol. The molecule has 0 fully saturated rings. The third-order valence-corrected chi connectivity index (χ3v) is 3.62. The standard InChI is InChI=1S/C14H13NO3S/c1-2-3-10-18-13-8-9-14(19(15,16)17)12-7-5-4-6-11(12)13/h1,4-9H,3,10H2,(H2,15,16,17). The van der Waals surface area contributed by atoms with E-state index in [-0.39, 0.29) is 4.90 Å². The van der Waals surface area contributed by atoms with E-state index in [2.05, 4.69) is 5.92 Å². The minimum atomic E-state index is -3.76. The van der Waals surface area contributed by atoms with Crippen molar-refractivity contribution in [3.63, 3.8) is 0 Å². The molecule has 0 saturated carbocycles. The Hall–Kier alpha value is -2.03. The van der Waals surface area contributed by atoms with E-state index in [0.717, 1.165) is 0 Å². The van der Waals surface area contributed by atoms with E-state index >= 15 is 0 Å². The lowest BCUT2D eigenvalue weighted by molar-refractivity contribution is 0.331. The monoisotopic (exact) mass is 275 g/mol. The summed E-state index contributed by atoms with van der Waals surface area (Å²) in [6.45, 7) is 0.384. The van der Waals surface area contributed by atoms with E-state index in [1.165, 1.54) is 6.07 Å². The molecule has 0 radical (unpaired) electrons. The van der Waals surface area contributed by atoms with Crippen LogP contribution in [0.4, 0.5) is 0 Å². The molecule has 0 aliphatic heterocycles. The van der Waals surface area contributed by atoms with Gasteiger partial charge in [-0.25, -0.2) is 13.6 Å². The van der Waals surface area contributed by atoms with Crippen LogP contribution in [0.2, 0.25) is 0 Å². The highest BCUT2D eigenvalue weighted by Crippen LogP contribution is 2.30. The van der Waals surface area contributed by atoms with E-state index in [0.29, 0.717) is 29.5 Å². The first kappa shape index (κ1) is 13.4. The van der Waals surface area contributed by atoms with E-state index in [9.17, 15) is 8.42 Å². The Morgan fingerprint density at radius 2 is 1.84 bits per heavy atom. The maximum absolute atomic E-state index is 11.5. The molecule has 0 amide bonds.